The lowest BCUT2D eigenvalue weighted by Crippen LogP contribution is -2.40. The van der Waals surface area contributed by atoms with Gasteiger partial charge in [-0.05, 0) is 49.2 Å². The number of nitrogens with zero attached hydrogens (tertiary/aromatic N) is 3. The number of ether oxygens (including phenoxy) is 1. The average Bonchev–Trinajstić information content (AvgIpc) is 3.20. The van der Waals surface area contributed by atoms with E-state index in [4.69, 9.17) is 4.74 Å². The van der Waals surface area contributed by atoms with E-state index < -0.39 is 15.9 Å². The Balaban J connectivity index is 1.70. The number of imidazole rings is 1. The van der Waals surface area contributed by atoms with E-state index in [1.54, 1.807) is 30.5 Å². The molecule has 8 nitrogen and oxygen atoms in total. The number of hydrogen-bond acceptors (Lipinski definition) is 5. The van der Waals surface area contributed by atoms with E-state index in [0.717, 1.165) is 34.1 Å². The number of hydrogen-bond donors (Lipinski definition) is 1. The van der Waals surface area contributed by atoms with Crippen molar-refractivity contribution in [1.82, 2.24) is 14.9 Å². The van der Waals surface area contributed by atoms with Crippen LogP contribution in [-0.2, 0) is 21.4 Å². The second-order valence-electron chi connectivity index (χ2n) is 7.36. The number of sulfonamides is 1. The first-order valence-electron chi connectivity index (χ1n) is 10.3. The first kappa shape index (κ1) is 23.3. The molecule has 1 N–H and O–H groups in total. The van der Waals surface area contributed by atoms with Crippen molar-refractivity contribution in [2.24, 2.45) is 0 Å². The van der Waals surface area contributed by atoms with Crippen LogP contribution >= 0.6 is 0 Å². The van der Waals surface area contributed by atoms with Crippen LogP contribution in [0.25, 0.3) is 5.69 Å². The van der Waals surface area contributed by atoms with Crippen LogP contribution in [-0.4, -0.2) is 43.3 Å². The van der Waals surface area contributed by atoms with Crippen molar-refractivity contribution in [2.45, 2.75) is 26.8 Å². The number of para-hydroxylation sites is 1. The van der Waals surface area contributed by atoms with Crippen molar-refractivity contribution < 1.29 is 17.9 Å². The van der Waals surface area contributed by atoms with Gasteiger partial charge < -0.3 is 14.6 Å². The van der Waals surface area contributed by atoms with Gasteiger partial charge >= 0.3 is 0 Å². The number of anilines is 1. The molecular weight excluding hydrogens is 428 g/mol. The molecule has 1 heterocycles. The van der Waals surface area contributed by atoms with Gasteiger partial charge in [0.05, 0.1) is 24.2 Å². The van der Waals surface area contributed by atoms with Crippen molar-refractivity contribution in [3.8, 4) is 11.4 Å². The molecule has 0 saturated heterocycles. The Bertz CT molecular complexity index is 1160. The molecule has 0 atom stereocenters. The first-order valence-corrected chi connectivity index (χ1v) is 12.2. The molecule has 3 rings (SSSR count). The highest BCUT2D eigenvalue weighted by atomic mass is 32.2. The van der Waals surface area contributed by atoms with Crippen LogP contribution in [0.15, 0.2) is 60.9 Å². The zero-order valence-electron chi connectivity index (χ0n) is 18.5. The predicted octanol–water partition coefficient (Wildman–Crippen LogP) is 3.05. The van der Waals surface area contributed by atoms with Gasteiger partial charge in [-0.3, -0.25) is 9.10 Å². The molecule has 1 aromatic heterocycles. The minimum absolute atomic E-state index is 0.258. The lowest BCUT2D eigenvalue weighted by Gasteiger charge is -2.22. The summed E-state index contributed by atoms with van der Waals surface area (Å²) in [6.07, 6.45) is 5.53. The SMILES string of the molecule is CCCOc1ccc(N(CC(=O)NCc2ccccc2-n2ccnc2C)S(C)(=O)=O)cc1. The van der Waals surface area contributed by atoms with E-state index in [1.807, 2.05) is 48.9 Å². The van der Waals surface area contributed by atoms with Crippen LogP contribution in [0.1, 0.15) is 24.7 Å². The fourth-order valence-electron chi connectivity index (χ4n) is 3.24. The van der Waals surface area contributed by atoms with Crippen molar-refractivity contribution in [3.63, 3.8) is 0 Å². The van der Waals surface area contributed by atoms with Crippen LogP contribution in [0.3, 0.4) is 0 Å². The van der Waals surface area contributed by atoms with Crippen LogP contribution in [0.4, 0.5) is 5.69 Å². The third-order valence-corrected chi connectivity index (χ3v) is 5.98. The number of benzene rings is 2. The second kappa shape index (κ2) is 10.3. The molecule has 32 heavy (non-hydrogen) atoms. The van der Waals surface area contributed by atoms with Gasteiger partial charge in [0.15, 0.2) is 0 Å². The summed E-state index contributed by atoms with van der Waals surface area (Å²) < 4.78 is 33.3. The molecule has 0 unspecified atom stereocenters. The fraction of sp³-hybridized carbons (Fsp3) is 0.304. The van der Waals surface area contributed by atoms with Crippen molar-refractivity contribution in [1.29, 1.82) is 0 Å². The molecule has 9 heteroatoms. The molecule has 0 aliphatic rings. The van der Waals surface area contributed by atoms with Crippen molar-refractivity contribution in [2.75, 3.05) is 23.7 Å². The third kappa shape index (κ3) is 5.88. The van der Waals surface area contributed by atoms with Gasteiger partial charge in [-0.1, -0.05) is 25.1 Å². The molecule has 0 aliphatic carbocycles. The average molecular weight is 457 g/mol. The topological polar surface area (TPSA) is 93.5 Å². The van der Waals surface area contributed by atoms with Gasteiger partial charge in [0.1, 0.15) is 18.1 Å². The largest absolute Gasteiger partial charge is 0.494 e. The molecule has 1 amide bonds. The number of aryl methyl sites for hydroxylation is 1. The summed E-state index contributed by atoms with van der Waals surface area (Å²) in [7, 11) is -3.66. The third-order valence-electron chi connectivity index (χ3n) is 4.84. The normalized spacial score (nSPS) is 11.2. The number of carbonyl (C=O) groups excluding carboxylic acids is 1. The lowest BCUT2D eigenvalue weighted by molar-refractivity contribution is -0.119. The van der Waals surface area contributed by atoms with Crippen LogP contribution in [0.2, 0.25) is 0 Å². The van der Waals surface area contributed by atoms with Crippen LogP contribution in [0.5, 0.6) is 5.75 Å². The minimum atomic E-state index is -3.66. The number of aromatic nitrogens is 2. The predicted molar refractivity (Wildman–Crippen MR) is 125 cm³/mol. The number of carbonyl (C=O) groups is 1. The maximum atomic E-state index is 12.7. The van der Waals surface area contributed by atoms with E-state index in [-0.39, 0.29) is 13.1 Å². The van der Waals surface area contributed by atoms with Gasteiger partial charge in [-0.15, -0.1) is 0 Å². The smallest absolute Gasteiger partial charge is 0.241 e. The standard InChI is InChI=1S/C23H28N4O4S/c1-4-15-31-21-11-9-20(10-12-21)27(32(3,29)30)17-23(28)25-16-19-7-5-6-8-22(19)26-14-13-24-18(26)2/h5-14H,4,15-17H2,1-3H3,(H,25,28). The molecular formula is C23H28N4O4S. The van der Waals surface area contributed by atoms with E-state index in [1.165, 1.54) is 0 Å². The molecule has 0 radical (unpaired) electrons. The summed E-state index contributed by atoms with van der Waals surface area (Å²) in [4.78, 5) is 16.9. The van der Waals surface area contributed by atoms with Gasteiger partial charge in [-0.25, -0.2) is 13.4 Å². The zero-order chi connectivity index (χ0) is 23.1. The quantitative estimate of drug-likeness (QED) is 0.506. The number of amides is 1. The Kier molecular flexibility index (Phi) is 7.53. The number of nitrogens with one attached hydrogen (secondary N) is 1. The maximum Gasteiger partial charge on any atom is 0.241 e. The Morgan fingerprint density at radius 2 is 1.88 bits per heavy atom. The first-order chi connectivity index (χ1) is 15.3. The van der Waals surface area contributed by atoms with Crippen molar-refractivity contribution in [3.05, 3.63) is 72.3 Å². The zero-order valence-corrected chi connectivity index (χ0v) is 19.3. The highest BCUT2D eigenvalue weighted by Crippen LogP contribution is 2.22. The molecule has 0 spiro atoms. The summed E-state index contributed by atoms with van der Waals surface area (Å²) in [5.74, 6) is 1.08. The van der Waals surface area contributed by atoms with E-state index >= 15 is 0 Å². The molecule has 3 aromatic rings. The molecule has 0 saturated carbocycles. The van der Waals surface area contributed by atoms with Gasteiger partial charge in [0.2, 0.25) is 15.9 Å². The lowest BCUT2D eigenvalue weighted by atomic mass is 10.1. The highest BCUT2D eigenvalue weighted by Gasteiger charge is 2.21. The molecule has 2 aromatic carbocycles. The van der Waals surface area contributed by atoms with Gasteiger partial charge in [-0.2, -0.15) is 0 Å². The molecule has 0 aliphatic heterocycles. The van der Waals surface area contributed by atoms with Gasteiger partial charge in [0.25, 0.3) is 0 Å². The maximum absolute atomic E-state index is 12.7. The minimum Gasteiger partial charge on any atom is -0.494 e. The Morgan fingerprint density at radius 3 is 2.50 bits per heavy atom. The molecule has 170 valence electrons. The molecule has 0 fully saturated rings. The Labute approximate surface area is 188 Å². The van der Waals surface area contributed by atoms with Crippen LogP contribution in [0, 0.1) is 6.92 Å². The number of rotatable bonds is 10. The highest BCUT2D eigenvalue weighted by molar-refractivity contribution is 7.92. The fourth-order valence-corrected chi connectivity index (χ4v) is 4.09. The monoisotopic (exact) mass is 456 g/mol. The van der Waals surface area contributed by atoms with Gasteiger partial charge in [0, 0.05) is 18.9 Å². The summed E-state index contributed by atoms with van der Waals surface area (Å²) in [5.41, 5.74) is 2.21. The summed E-state index contributed by atoms with van der Waals surface area (Å²) in [5, 5.41) is 2.83. The Morgan fingerprint density at radius 1 is 1.16 bits per heavy atom. The molecule has 0 bridgehead atoms. The summed E-state index contributed by atoms with van der Waals surface area (Å²) in [6.45, 7) is 4.43. The summed E-state index contributed by atoms with van der Waals surface area (Å²) in [6, 6.07) is 14.3. The summed E-state index contributed by atoms with van der Waals surface area (Å²) >= 11 is 0. The van der Waals surface area contributed by atoms with E-state index in [9.17, 15) is 13.2 Å². The Hall–Kier alpha value is -3.33. The van der Waals surface area contributed by atoms with E-state index in [2.05, 4.69) is 10.3 Å². The second-order valence-corrected chi connectivity index (χ2v) is 9.27. The van der Waals surface area contributed by atoms with E-state index in [0.29, 0.717) is 18.0 Å². The van der Waals surface area contributed by atoms with Crippen molar-refractivity contribution >= 4 is 21.6 Å². The van der Waals surface area contributed by atoms with Crippen LogP contribution < -0.4 is 14.4 Å².